The van der Waals surface area contributed by atoms with E-state index in [1.807, 2.05) is 0 Å². The third kappa shape index (κ3) is 614. The highest BCUT2D eigenvalue weighted by atomic mass is 19.4. The zero-order chi connectivity index (χ0) is 6.28. The van der Waals surface area contributed by atoms with Gasteiger partial charge in [0.15, 0.2) is 0 Å². The van der Waals surface area contributed by atoms with Crippen LogP contribution in [0.5, 0.6) is 0 Å². The third-order valence-electron chi connectivity index (χ3n) is 0. The maximum atomic E-state index is 9.67. The molecular formula is C2H3F5. The number of alkyl halides is 5. The van der Waals surface area contributed by atoms with E-state index in [2.05, 4.69) is 0 Å². The Balaban J connectivity index is 0. The van der Waals surface area contributed by atoms with Gasteiger partial charge in [0, 0.05) is 0 Å². The van der Waals surface area contributed by atoms with Gasteiger partial charge in [-0.3, -0.25) is 0 Å². The second-order valence-electron chi connectivity index (χ2n) is 0.348. The van der Waals surface area contributed by atoms with Gasteiger partial charge in [-0.25, -0.2) is 8.78 Å². The van der Waals surface area contributed by atoms with E-state index in [0.29, 0.717) is 0 Å². The lowest BCUT2D eigenvalue weighted by Gasteiger charge is -1.65. The highest BCUT2D eigenvalue weighted by molar-refractivity contribution is 3.83. The molecule has 0 aromatic carbocycles. The maximum Gasteiger partial charge on any atom is 0.379 e. The molecule has 0 spiro atoms. The molecule has 0 heterocycles. The van der Waals surface area contributed by atoms with Crippen LogP contribution < -0.4 is 0 Å². The van der Waals surface area contributed by atoms with Crippen molar-refractivity contribution in [2.24, 2.45) is 0 Å². The smallest absolute Gasteiger partial charge is 0.214 e. The first-order valence-electron chi connectivity index (χ1n) is 1.19. The Hall–Kier alpha value is -0.350. The van der Waals surface area contributed by atoms with Crippen molar-refractivity contribution in [2.75, 3.05) is 6.93 Å². The Morgan fingerprint density at radius 2 is 1.00 bits per heavy atom. The van der Waals surface area contributed by atoms with Crippen LogP contribution in [-0.2, 0) is 0 Å². The van der Waals surface area contributed by atoms with E-state index in [-0.39, 0.29) is 0 Å². The van der Waals surface area contributed by atoms with Gasteiger partial charge < -0.3 is 0 Å². The van der Waals surface area contributed by atoms with E-state index in [0.717, 1.165) is 0 Å². The van der Waals surface area contributed by atoms with Crippen molar-refractivity contribution in [1.82, 2.24) is 0 Å². The van der Waals surface area contributed by atoms with Crippen LogP contribution in [0.25, 0.3) is 0 Å². The first-order valence-corrected chi connectivity index (χ1v) is 1.19. The molecule has 0 nitrogen and oxygen atoms in total. The summed E-state index contributed by atoms with van der Waals surface area (Å²) in [6.07, 6.45) is 0. The fourth-order valence-electron chi connectivity index (χ4n) is 0. The molecule has 0 aliphatic rings. The molecule has 0 unspecified atom stereocenters. The molecule has 5 heteroatoms. The minimum absolute atomic E-state index is 1.75. The van der Waals surface area contributed by atoms with Gasteiger partial charge in [-0.2, -0.15) is 13.2 Å². The van der Waals surface area contributed by atoms with Crippen LogP contribution in [0.15, 0.2) is 0 Å². The number of halogens is 5. The Kier molecular flexibility index (Phi) is 12.9. The lowest BCUT2D eigenvalue weighted by atomic mass is 11.6. The molecule has 0 N–H and O–H groups in total. The van der Waals surface area contributed by atoms with Crippen LogP contribution >= 0.6 is 0 Å². The predicted molar refractivity (Wildman–Crippen MR) is 14.2 cm³/mol. The van der Waals surface area contributed by atoms with Gasteiger partial charge in [0.1, 0.15) is 0 Å². The summed E-state index contributed by atoms with van der Waals surface area (Å²) in [7, 11) is 0. The van der Waals surface area contributed by atoms with Crippen LogP contribution in [0, 0.1) is 0 Å². The van der Waals surface area contributed by atoms with Crippen LogP contribution in [0.4, 0.5) is 22.0 Å². The van der Waals surface area contributed by atoms with E-state index in [1.165, 1.54) is 0 Å². The summed E-state index contributed by atoms with van der Waals surface area (Å²) in [5.41, 5.74) is 0. The quantitative estimate of drug-likeness (QED) is 0.431. The largest absolute Gasteiger partial charge is 0.379 e. The molecule has 7 heavy (non-hydrogen) atoms. The second-order valence-corrected chi connectivity index (χ2v) is 0.348. The summed E-state index contributed by atoms with van der Waals surface area (Å²) >= 11 is 0. The van der Waals surface area contributed by atoms with Crippen molar-refractivity contribution in [3.8, 4) is 0 Å². The summed E-state index contributed by atoms with van der Waals surface area (Å²) in [6, 6.07) is 0. The first kappa shape index (κ1) is 9.82. The fraction of sp³-hybridized carbons (Fsp3) is 1.00. The van der Waals surface area contributed by atoms with Gasteiger partial charge in [-0.1, -0.05) is 0 Å². The third-order valence-corrected chi connectivity index (χ3v) is 0. The molecule has 46 valence electrons. The van der Waals surface area contributed by atoms with Crippen molar-refractivity contribution < 1.29 is 22.0 Å². The zero-order valence-corrected chi connectivity index (χ0v) is 3.17. The van der Waals surface area contributed by atoms with Crippen molar-refractivity contribution in [2.45, 2.75) is 6.68 Å². The fourth-order valence-corrected chi connectivity index (χ4v) is 0. The molecule has 0 aliphatic carbocycles. The summed E-state index contributed by atoms with van der Waals surface area (Å²) < 4.78 is 48.2. The molecule has 0 radical (unpaired) electrons. The van der Waals surface area contributed by atoms with Gasteiger partial charge in [0.05, 0.1) is 0 Å². The molecule has 0 amide bonds. The molecular weight excluding hydrogens is 119 g/mol. The molecule has 0 rings (SSSR count). The number of hydrogen-bond acceptors (Lipinski definition) is 0. The molecule has 0 aromatic heterocycles. The van der Waals surface area contributed by atoms with Crippen molar-refractivity contribution in [3.63, 3.8) is 0 Å². The second kappa shape index (κ2) is 9.17. The Labute approximate surface area is 36.9 Å². The molecule has 0 aromatic rings. The monoisotopic (exact) mass is 122 g/mol. The summed E-state index contributed by atoms with van der Waals surface area (Å²) in [6.45, 7) is -5.42. The first-order chi connectivity index (χ1) is 3.15. The minimum Gasteiger partial charge on any atom is -0.214 e. The molecule has 0 fully saturated rings. The van der Waals surface area contributed by atoms with E-state index in [4.69, 9.17) is 0 Å². The van der Waals surface area contributed by atoms with Gasteiger partial charge >= 0.3 is 6.68 Å². The van der Waals surface area contributed by atoms with Crippen molar-refractivity contribution >= 4 is 0 Å². The van der Waals surface area contributed by atoms with Crippen LogP contribution in [0.1, 0.15) is 0 Å². The average molecular weight is 122 g/mol. The Morgan fingerprint density at radius 3 is 1.00 bits per heavy atom. The van der Waals surface area contributed by atoms with E-state index < -0.39 is 13.6 Å². The average Bonchev–Trinajstić information content (AvgIpc) is 1.33. The standard InChI is InChI=1S/CHF3.CH2F2/c2-1(3)4;2-1-3/h1H;1H2. The Bertz CT molecular complexity index is 17.3. The SMILES string of the molecule is FC(F)F.FCF. The zero-order valence-electron chi connectivity index (χ0n) is 3.17. The van der Waals surface area contributed by atoms with Gasteiger partial charge in [-0.05, 0) is 0 Å². The maximum absolute atomic E-state index is 9.67. The van der Waals surface area contributed by atoms with Crippen LogP contribution in [0.2, 0.25) is 0 Å². The summed E-state index contributed by atoms with van der Waals surface area (Å²) in [4.78, 5) is 0. The van der Waals surface area contributed by atoms with Crippen molar-refractivity contribution in [3.05, 3.63) is 0 Å². The summed E-state index contributed by atoms with van der Waals surface area (Å²) in [5.74, 6) is 0. The number of rotatable bonds is 0. The summed E-state index contributed by atoms with van der Waals surface area (Å²) in [5, 5.41) is 0. The predicted octanol–water partition coefficient (Wildman–Crippen LogP) is 2.06. The highest BCUT2D eigenvalue weighted by Gasteiger charge is 1.86. The van der Waals surface area contributed by atoms with Gasteiger partial charge in [-0.15, -0.1) is 0 Å². The molecule has 0 atom stereocenters. The normalized spacial score (nSPS) is 7.71. The van der Waals surface area contributed by atoms with E-state index in [9.17, 15) is 22.0 Å². The van der Waals surface area contributed by atoms with Crippen molar-refractivity contribution in [1.29, 1.82) is 0 Å². The number of hydrogen-bond donors (Lipinski definition) is 0. The highest BCUT2D eigenvalue weighted by Crippen LogP contribution is 1.87. The Morgan fingerprint density at radius 1 is 1.00 bits per heavy atom. The van der Waals surface area contributed by atoms with Crippen LogP contribution in [-0.4, -0.2) is 13.6 Å². The lowest BCUT2D eigenvalue weighted by molar-refractivity contribution is 0.00819. The van der Waals surface area contributed by atoms with Gasteiger partial charge in [0.2, 0.25) is 6.93 Å². The minimum atomic E-state index is -3.67. The lowest BCUT2D eigenvalue weighted by Crippen LogP contribution is -1.65. The molecule has 0 saturated carbocycles. The molecule has 0 aliphatic heterocycles. The molecule has 0 bridgehead atoms. The van der Waals surface area contributed by atoms with E-state index >= 15 is 0 Å². The van der Waals surface area contributed by atoms with Crippen LogP contribution in [0.3, 0.4) is 0 Å². The topological polar surface area (TPSA) is 0 Å². The van der Waals surface area contributed by atoms with E-state index in [1.54, 1.807) is 0 Å². The molecule has 0 saturated heterocycles. The van der Waals surface area contributed by atoms with Gasteiger partial charge in [0.25, 0.3) is 0 Å².